The summed E-state index contributed by atoms with van der Waals surface area (Å²) in [4.78, 5) is 36.4. The number of nitrogens with one attached hydrogen (secondary N) is 1. The van der Waals surface area contributed by atoms with Gasteiger partial charge in [0.15, 0.2) is 0 Å². The van der Waals surface area contributed by atoms with Crippen molar-refractivity contribution < 1.29 is 33.3 Å². The lowest BCUT2D eigenvalue weighted by Gasteiger charge is -2.37. The third-order valence-corrected chi connectivity index (χ3v) is 3.24. The van der Waals surface area contributed by atoms with E-state index in [0.29, 0.717) is 13.2 Å². The van der Waals surface area contributed by atoms with Crippen molar-refractivity contribution in [3.05, 3.63) is 0 Å². The molecule has 0 aromatic carbocycles. The van der Waals surface area contributed by atoms with Crippen molar-refractivity contribution in [3.63, 3.8) is 0 Å². The molecule has 150 valence electrons. The number of hydrogen-bond donors (Lipinski definition) is 1. The summed E-state index contributed by atoms with van der Waals surface area (Å²) in [5, 5.41) is 2.39. The van der Waals surface area contributed by atoms with Crippen LogP contribution >= 0.6 is 0 Å². The zero-order valence-electron chi connectivity index (χ0n) is 16.8. The van der Waals surface area contributed by atoms with Gasteiger partial charge in [-0.2, -0.15) is 0 Å². The number of amides is 1. The van der Waals surface area contributed by atoms with Crippen molar-refractivity contribution in [2.24, 2.45) is 5.41 Å². The van der Waals surface area contributed by atoms with Gasteiger partial charge in [0.1, 0.15) is 23.9 Å². The molecule has 0 radical (unpaired) electrons. The Morgan fingerprint density at radius 3 is 2.00 bits per heavy atom. The average molecular weight is 373 g/mol. The van der Waals surface area contributed by atoms with E-state index in [1.54, 1.807) is 41.5 Å². The second-order valence-corrected chi connectivity index (χ2v) is 8.90. The zero-order chi connectivity index (χ0) is 20.2. The molecule has 1 fully saturated rings. The van der Waals surface area contributed by atoms with E-state index in [1.165, 1.54) is 0 Å². The Morgan fingerprint density at radius 1 is 1.04 bits per heavy atom. The van der Waals surface area contributed by atoms with Crippen LogP contribution < -0.4 is 5.32 Å². The smallest absolute Gasteiger partial charge is 0.408 e. The van der Waals surface area contributed by atoms with Gasteiger partial charge in [-0.25, -0.2) is 9.59 Å². The first-order valence-corrected chi connectivity index (χ1v) is 8.65. The third kappa shape index (κ3) is 8.51. The van der Waals surface area contributed by atoms with E-state index in [1.807, 2.05) is 6.92 Å². The Bertz CT molecular complexity index is 527. The lowest BCUT2D eigenvalue weighted by atomic mass is 9.90. The number of carbonyl (C=O) groups excluding carboxylic acids is 3. The van der Waals surface area contributed by atoms with E-state index in [9.17, 15) is 14.4 Å². The number of esters is 2. The van der Waals surface area contributed by atoms with Crippen LogP contribution in [0.3, 0.4) is 0 Å². The second kappa shape index (κ2) is 8.24. The standard InChI is InChI=1S/C18H31NO7/c1-16(2,3)25-14(21)12(19-15(22)26-17(4,5)6)8-13(20)24-11-18(7)9-23-10-18/h12H,8-11H2,1-7H3,(H,19,22)/t12-/m0/s1. The average Bonchev–Trinajstić information content (AvgIpc) is 2.38. The van der Waals surface area contributed by atoms with Crippen molar-refractivity contribution in [1.82, 2.24) is 5.32 Å². The number of ether oxygens (including phenoxy) is 4. The van der Waals surface area contributed by atoms with Crippen molar-refractivity contribution in [2.45, 2.75) is 72.1 Å². The molecular formula is C18H31NO7. The van der Waals surface area contributed by atoms with Crippen molar-refractivity contribution in [1.29, 1.82) is 0 Å². The zero-order valence-corrected chi connectivity index (χ0v) is 16.8. The molecule has 0 bridgehead atoms. The first-order valence-electron chi connectivity index (χ1n) is 8.65. The molecule has 0 aliphatic carbocycles. The van der Waals surface area contributed by atoms with Gasteiger partial charge in [0.05, 0.1) is 19.6 Å². The van der Waals surface area contributed by atoms with Gasteiger partial charge in [-0.05, 0) is 41.5 Å². The highest BCUT2D eigenvalue weighted by molar-refractivity contribution is 5.86. The molecule has 26 heavy (non-hydrogen) atoms. The van der Waals surface area contributed by atoms with E-state index < -0.39 is 35.3 Å². The van der Waals surface area contributed by atoms with E-state index >= 15 is 0 Å². The summed E-state index contributed by atoms with van der Waals surface area (Å²) in [7, 11) is 0. The predicted molar refractivity (Wildman–Crippen MR) is 93.5 cm³/mol. The Kier molecular flexibility index (Phi) is 7.04. The molecule has 0 aromatic rings. The first kappa shape index (κ1) is 22.2. The van der Waals surface area contributed by atoms with Gasteiger partial charge in [0.25, 0.3) is 0 Å². The minimum absolute atomic E-state index is 0.194. The van der Waals surface area contributed by atoms with Crippen molar-refractivity contribution in [2.75, 3.05) is 19.8 Å². The maximum Gasteiger partial charge on any atom is 0.408 e. The van der Waals surface area contributed by atoms with Crippen LogP contribution in [0, 0.1) is 5.41 Å². The highest BCUT2D eigenvalue weighted by Gasteiger charge is 2.36. The molecule has 1 heterocycles. The van der Waals surface area contributed by atoms with Crippen LogP contribution in [0.4, 0.5) is 4.79 Å². The van der Waals surface area contributed by atoms with E-state index in [2.05, 4.69) is 5.32 Å². The van der Waals surface area contributed by atoms with Gasteiger partial charge in [-0.1, -0.05) is 6.92 Å². The van der Waals surface area contributed by atoms with Crippen LogP contribution in [0.1, 0.15) is 54.9 Å². The van der Waals surface area contributed by atoms with Gasteiger partial charge >= 0.3 is 18.0 Å². The largest absolute Gasteiger partial charge is 0.465 e. The molecule has 1 saturated heterocycles. The molecule has 0 spiro atoms. The monoisotopic (exact) mass is 373 g/mol. The Hall–Kier alpha value is -1.83. The second-order valence-electron chi connectivity index (χ2n) is 8.90. The van der Waals surface area contributed by atoms with Crippen molar-refractivity contribution >= 4 is 18.0 Å². The number of carbonyl (C=O) groups is 3. The minimum atomic E-state index is -1.19. The Balaban J connectivity index is 2.68. The summed E-state index contributed by atoms with van der Waals surface area (Å²) in [5.41, 5.74) is -1.69. The molecule has 8 heteroatoms. The molecule has 1 rings (SSSR count). The fourth-order valence-corrected chi connectivity index (χ4v) is 2.03. The van der Waals surface area contributed by atoms with Crippen LogP contribution in [0.5, 0.6) is 0 Å². The topological polar surface area (TPSA) is 100 Å². The summed E-state index contributed by atoms with van der Waals surface area (Å²) in [5.74, 6) is -1.33. The predicted octanol–water partition coefficient (Wildman–Crippen LogP) is 2.19. The lowest BCUT2D eigenvalue weighted by Crippen LogP contribution is -2.48. The summed E-state index contributed by atoms with van der Waals surface area (Å²) >= 11 is 0. The molecule has 1 aliphatic rings. The van der Waals surface area contributed by atoms with Crippen LogP contribution in [0.2, 0.25) is 0 Å². The highest BCUT2D eigenvalue weighted by Crippen LogP contribution is 2.26. The van der Waals surface area contributed by atoms with E-state index in [-0.39, 0.29) is 18.4 Å². The minimum Gasteiger partial charge on any atom is -0.465 e. The molecular weight excluding hydrogens is 342 g/mol. The highest BCUT2D eigenvalue weighted by atomic mass is 16.6. The summed E-state index contributed by atoms with van der Waals surface area (Å²) in [6.45, 7) is 13.4. The molecule has 0 unspecified atom stereocenters. The summed E-state index contributed by atoms with van der Waals surface area (Å²) < 4.78 is 20.7. The van der Waals surface area contributed by atoms with Gasteiger partial charge in [-0.15, -0.1) is 0 Å². The molecule has 8 nitrogen and oxygen atoms in total. The van der Waals surface area contributed by atoms with Gasteiger partial charge in [0.2, 0.25) is 0 Å². The van der Waals surface area contributed by atoms with Crippen LogP contribution in [0.25, 0.3) is 0 Å². The third-order valence-electron chi connectivity index (χ3n) is 3.24. The number of rotatable bonds is 6. The van der Waals surface area contributed by atoms with E-state index in [4.69, 9.17) is 18.9 Å². The van der Waals surface area contributed by atoms with Gasteiger partial charge in [-0.3, -0.25) is 4.79 Å². The van der Waals surface area contributed by atoms with Crippen LogP contribution in [-0.2, 0) is 28.5 Å². The quantitative estimate of drug-likeness (QED) is 0.562. The first-order chi connectivity index (χ1) is 11.7. The lowest BCUT2D eigenvalue weighted by molar-refractivity contribution is -0.169. The van der Waals surface area contributed by atoms with Gasteiger partial charge < -0.3 is 24.3 Å². The fourth-order valence-electron chi connectivity index (χ4n) is 2.03. The van der Waals surface area contributed by atoms with E-state index in [0.717, 1.165) is 0 Å². The fraction of sp³-hybridized carbons (Fsp3) is 0.833. The number of hydrogen-bond acceptors (Lipinski definition) is 7. The molecule has 1 amide bonds. The molecule has 1 atom stereocenters. The molecule has 1 N–H and O–H groups in total. The molecule has 0 saturated carbocycles. The van der Waals surface area contributed by atoms with Crippen LogP contribution in [-0.4, -0.2) is 55.1 Å². The Morgan fingerprint density at radius 2 is 1.58 bits per heavy atom. The van der Waals surface area contributed by atoms with Crippen molar-refractivity contribution in [3.8, 4) is 0 Å². The van der Waals surface area contributed by atoms with Gasteiger partial charge in [0, 0.05) is 5.41 Å². The Labute approximate surface area is 154 Å². The normalized spacial score (nSPS) is 17.5. The molecule has 0 aromatic heterocycles. The number of alkyl carbamates (subject to hydrolysis) is 1. The maximum absolute atomic E-state index is 12.3. The summed E-state index contributed by atoms with van der Waals surface area (Å²) in [6.07, 6.45) is -1.15. The maximum atomic E-state index is 12.3. The SMILES string of the molecule is CC1(COC(=O)C[C@H](NC(=O)OC(C)(C)C)C(=O)OC(C)(C)C)COC1. The summed E-state index contributed by atoms with van der Waals surface area (Å²) in [6, 6.07) is -1.19. The molecule has 1 aliphatic heterocycles. The van der Waals surface area contributed by atoms with Crippen LogP contribution in [0.15, 0.2) is 0 Å².